The molecule has 23 heavy (non-hydrogen) atoms. The Morgan fingerprint density at radius 2 is 1.78 bits per heavy atom. The molecule has 0 saturated carbocycles. The molecule has 1 atom stereocenters. The van der Waals surface area contributed by atoms with Crippen LogP contribution in [0.25, 0.3) is 0 Å². The van der Waals surface area contributed by atoms with Gasteiger partial charge in [0.15, 0.2) is 6.10 Å². The predicted molar refractivity (Wildman–Crippen MR) is 76.2 cm³/mol. The second-order valence-electron chi connectivity index (χ2n) is 4.71. The van der Waals surface area contributed by atoms with Crippen LogP contribution in [-0.4, -0.2) is 13.0 Å². The number of anilines is 1. The monoisotopic (exact) mass is 327 g/mol. The number of ether oxygens (including phenoxy) is 1. The second-order valence-corrected chi connectivity index (χ2v) is 4.71. The highest BCUT2D eigenvalue weighted by Crippen LogP contribution is 2.33. The van der Waals surface area contributed by atoms with Gasteiger partial charge in [-0.1, -0.05) is 30.3 Å². The molecule has 0 spiro atoms. The van der Waals surface area contributed by atoms with Crippen molar-refractivity contribution in [3.63, 3.8) is 0 Å². The van der Waals surface area contributed by atoms with Gasteiger partial charge in [0.25, 0.3) is 5.91 Å². The Morgan fingerprint density at radius 3 is 2.35 bits per heavy atom. The van der Waals surface area contributed by atoms with Crippen molar-refractivity contribution in [2.24, 2.45) is 0 Å². The molecule has 0 saturated heterocycles. The summed E-state index contributed by atoms with van der Waals surface area (Å²) in [5.74, 6) is -2.06. The highest BCUT2D eigenvalue weighted by atomic mass is 19.4. The zero-order chi connectivity index (χ0) is 17.0. The third kappa shape index (κ3) is 4.07. The van der Waals surface area contributed by atoms with E-state index < -0.39 is 29.6 Å². The van der Waals surface area contributed by atoms with E-state index >= 15 is 0 Å². The zero-order valence-electron chi connectivity index (χ0n) is 12.0. The summed E-state index contributed by atoms with van der Waals surface area (Å²) in [6.07, 6.45) is -5.83. The number of hydrogen-bond donors (Lipinski definition) is 1. The standard InChI is InChI=1S/C16H13F4NO2/c1-23-14(10-5-3-2-4-6-10)15(22)21-11-7-8-13(17)12(9-11)16(18,19)20/h2-9,14H,1H3,(H,21,22). The topological polar surface area (TPSA) is 38.3 Å². The maximum absolute atomic E-state index is 13.2. The van der Waals surface area contributed by atoms with Gasteiger partial charge in [0.2, 0.25) is 0 Å². The number of rotatable bonds is 4. The SMILES string of the molecule is COC(C(=O)Nc1ccc(F)c(C(F)(F)F)c1)c1ccccc1. The normalized spacial score (nSPS) is 12.7. The Morgan fingerprint density at radius 1 is 1.13 bits per heavy atom. The van der Waals surface area contributed by atoms with Crippen LogP contribution in [0, 0.1) is 5.82 Å². The number of carbonyl (C=O) groups excluding carboxylic acids is 1. The molecule has 0 aromatic heterocycles. The number of halogens is 4. The number of nitrogens with one attached hydrogen (secondary N) is 1. The molecule has 122 valence electrons. The lowest BCUT2D eigenvalue weighted by Crippen LogP contribution is -2.23. The van der Waals surface area contributed by atoms with Crippen LogP contribution in [0.3, 0.4) is 0 Å². The van der Waals surface area contributed by atoms with Gasteiger partial charge >= 0.3 is 6.18 Å². The third-order valence-electron chi connectivity index (χ3n) is 3.12. The average Bonchev–Trinajstić information content (AvgIpc) is 2.50. The smallest absolute Gasteiger partial charge is 0.367 e. The number of benzene rings is 2. The van der Waals surface area contributed by atoms with Gasteiger partial charge in [0.1, 0.15) is 5.82 Å². The van der Waals surface area contributed by atoms with Gasteiger partial charge in [-0.25, -0.2) is 4.39 Å². The molecule has 0 bridgehead atoms. The average molecular weight is 327 g/mol. The minimum atomic E-state index is -4.84. The Kier molecular flexibility index (Phi) is 5.00. The first kappa shape index (κ1) is 17.0. The van der Waals surface area contributed by atoms with Crippen LogP contribution in [-0.2, 0) is 15.7 Å². The summed E-state index contributed by atoms with van der Waals surface area (Å²) in [4.78, 5) is 12.2. The van der Waals surface area contributed by atoms with E-state index in [1.807, 2.05) is 0 Å². The fourth-order valence-electron chi connectivity index (χ4n) is 2.05. The Bertz CT molecular complexity index is 686. The van der Waals surface area contributed by atoms with Crippen molar-refractivity contribution in [1.29, 1.82) is 0 Å². The van der Waals surface area contributed by atoms with E-state index in [4.69, 9.17) is 4.74 Å². The van der Waals surface area contributed by atoms with Gasteiger partial charge < -0.3 is 10.1 Å². The van der Waals surface area contributed by atoms with Crippen molar-refractivity contribution in [1.82, 2.24) is 0 Å². The summed E-state index contributed by atoms with van der Waals surface area (Å²) in [7, 11) is 1.31. The van der Waals surface area contributed by atoms with Gasteiger partial charge in [-0.15, -0.1) is 0 Å². The molecule has 0 aliphatic rings. The largest absolute Gasteiger partial charge is 0.419 e. The van der Waals surface area contributed by atoms with Gasteiger partial charge in [-0.3, -0.25) is 4.79 Å². The van der Waals surface area contributed by atoms with Crippen molar-refractivity contribution in [2.75, 3.05) is 12.4 Å². The molecule has 0 radical (unpaired) electrons. The first-order valence-corrected chi connectivity index (χ1v) is 6.58. The summed E-state index contributed by atoms with van der Waals surface area (Å²) < 4.78 is 56.4. The molecule has 7 heteroatoms. The predicted octanol–water partition coefficient (Wildman–Crippen LogP) is 4.17. The van der Waals surface area contributed by atoms with Crippen LogP contribution in [0.1, 0.15) is 17.2 Å². The third-order valence-corrected chi connectivity index (χ3v) is 3.12. The van der Waals surface area contributed by atoms with E-state index in [2.05, 4.69) is 5.32 Å². The summed E-state index contributed by atoms with van der Waals surface area (Å²) in [6, 6.07) is 10.7. The van der Waals surface area contributed by atoms with E-state index in [0.29, 0.717) is 17.7 Å². The van der Waals surface area contributed by atoms with E-state index in [1.165, 1.54) is 7.11 Å². The lowest BCUT2D eigenvalue weighted by molar-refractivity contribution is -0.140. The lowest BCUT2D eigenvalue weighted by Gasteiger charge is -2.16. The van der Waals surface area contributed by atoms with Crippen LogP contribution in [0.15, 0.2) is 48.5 Å². The second kappa shape index (κ2) is 6.78. The summed E-state index contributed by atoms with van der Waals surface area (Å²) in [6.45, 7) is 0. The molecule has 0 fully saturated rings. The minimum absolute atomic E-state index is 0.165. The van der Waals surface area contributed by atoms with Crippen LogP contribution in [0.2, 0.25) is 0 Å². The molecule has 2 aromatic carbocycles. The highest BCUT2D eigenvalue weighted by molar-refractivity contribution is 5.95. The van der Waals surface area contributed by atoms with E-state index in [0.717, 1.165) is 6.07 Å². The first-order chi connectivity index (χ1) is 10.8. The van der Waals surface area contributed by atoms with Gasteiger partial charge in [0.05, 0.1) is 5.56 Å². The van der Waals surface area contributed by atoms with Crippen LogP contribution in [0.5, 0.6) is 0 Å². The number of amides is 1. The quantitative estimate of drug-likeness (QED) is 0.856. The van der Waals surface area contributed by atoms with E-state index in [9.17, 15) is 22.4 Å². The Hall–Kier alpha value is -2.41. The number of carbonyl (C=O) groups is 1. The zero-order valence-corrected chi connectivity index (χ0v) is 12.0. The molecule has 2 aromatic rings. The summed E-state index contributed by atoms with van der Waals surface area (Å²) in [5.41, 5.74) is -1.06. The van der Waals surface area contributed by atoms with Crippen molar-refractivity contribution < 1.29 is 27.1 Å². The Labute approximate surface area is 129 Å². The molecular formula is C16H13F4NO2. The van der Waals surface area contributed by atoms with Gasteiger partial charge in [0, 0.05) is 12.8 Å². The molecule has 1 unspecified atom stereocenters. The molecule has 1 amide bonds. The molecular weight excluding hydrogens is 314 g/mol. The molecule has 0 aliphatic heterocycles. The first-order valence-electron chi connectivity index (χ1n) is 6.58. The van der Waals surface area contributed by atoms with Gasteiger partial charge in [-0.05, 0) is 23.8 Å². The highest BCUT2D eigenvalue weighted by Gasteiger charge is 2.34. The number of methoxy groups -OCH3 is 1. The molecule has 2 rings (SSSR count). The van der Waals surface area contributed by atoms with Crippen molar-refractivity contribution in [3.8, 4) is 0 Å². The number of hydrogen-bond acceptors (Lipinski definition) is 2. The van der Waals surface area contributed by atoms with Gasteiger partial charge in [-0.2, -0.15) is 13.2 Å². The van der Waals surface area contributed by atoms with Crippen molar-refractivity contribution in [3.05, 3.63) is 65.5 Å². The molecule has 1 N–H and O–H groups in total. The van der Waals surface area contributed by atoms with E-state index in [1.54, 1.807) is 30.3 Å². The maximum Gasteiger partial charge on any atom is 0.419 e. The molecule has 0 heterocycles. The fraction of sp³-hybridized carbons (Fsp3) is 0.188. The van der Waals surface area contributed by atoms with Crippen LogP contribution in [0.4, 0.5) is 23.2 Å². The lowest BCUT2D eigenvalue weighted by atomic mass is 10.1. The maximum atomic E-state index is 13.2. The fourth-order valence-corrected chi connectivity index (χ4v) is 2.05. The number of alkyl halides is 3. The molecule has 0 aliphatic carbocycles. The van der Waals surface area contributed by atoms with Crippen molar-refractivity contribution >= 4 is 11.6 Å². The minimum Gasteiger partial charge on any atom is -0.367 e. The van der Waals surface area contributed by atoms with E-state index in [-0.39, 0.29) is 5.69 Å². The summed E-state index contributed by atoms with van der Waals surface area (Å²) >= 11 is 0. The van der Waals surface area contributed by atoms with Crippen molar-refractivity contribution in [2.45, 2.75) is 12.3 Å². The van der Waals surface area contributed by atoms with Crippen LogP contribution < -0.4 is 5.32 Å². The van der Waals surface area contributed by atoms with Crippen LogP contribution >= 0.6 is 0 Å². The summed E-state index contributed by atoms with van der Waals surface area (Å²) in [5, 5.41) is 2.30. The Balaban J connectivity index is 2.23. The molecule has 3 nitrogen and oxygen atoms in total.